The number of allylic oxidation sites excluding steroid dienone is 1. The Kier molecular flexibility index (Phi) is 2.59. The number of thioether (sulfide) groups is 1. The van der Waals surface area contributed by atoms with Crippen molar-refractivity contribution >= 4 is 16.9 Å². The Hall–Kier alpha value is -1.22. The van der Waals surface area contributed by atoms with Crippen LogP contribution in [0, 0.1) is 0 Å². The van der Waals surface area contributed by atoms with E-state index in [1.807, 2.05) is 35.7 Å². The minimum Gasteiger partial charge on any atom is -0.497 e. The van der Waals surface area contributed by atoms with Gasteiger partial charge in [-0.3, -0.25) is 4.79 Å². The fourth-order valence-electron chi connectivity index (χ4n) is 1.40. The maximum absolute atomic E-state index is 11.4. The van der Waals surface area contributed by atoms with Crippen LogP contribution in [0.15, 0.2) is 35.7 Å². The van der Waals surface area contributed by atoms with Crippen molar-refractivity contribution in [3.8, 4) is 5.75 Å². The average Bonchev–Trinajstić information content (AvgIpc) is 2.65. The van der Waals surface area contributed by atoms with Gasteiger partial charge in [0.15, 0.2) is 0 Å². The van der Waals surface area contributed by atoms with Crippen molar-refractivity contribution in [2.75, 3.05) is 7.11 Å². The van der Waals surface area contributed by atoms with Crippen molar-refractivity contribution in [1.82, 2.24) is 0 Å². The van der Waals surface area contributed by atoms with Crippen LogP contribution in [0.1, 0.15) is 11.5 Å². The molecule has 3 heteroatoms. The Balaban J connectivity index is 2.24. The lowest BCUT2D eigenvalue weighted by molar-refractivity contribution is -0.111. The lowest BCUT2D eigenvalue weighted by atomic mass is 10.0. The van der Waals surface area contributed by atoms with E-state index in [1.165, 1.54) is 11.8 Å². The summed E-state index contributed by atoms with van der Waals surface area (Å²) >= 11 is 1.26. The Morgan fingerprint density at radius 3 is 2.50 bits per heavy atom. The van der Waals surface area contributed by atoms with Crippen molar-refractivity contribution < 1.29 is 9.53 Å². The Morgan fingerprint density at radius 2 is 2.00 bits per heavy atom. The molecule has 1 aliphatic rings. The molecule has 0 amide bonds. The summed E-state index contributed by atoms with van der Waals surface area (Å²) in [6, 6.07) is 7.61. The summed E-state index contributed by atoms with van der Waals surface area (Å²) in [5, 5.41) is 2.03. The highest BCUT2D eigenvalue weighted by atomic mass is 32.2. The SMILES string of the molecule is COc1ccc(C2C=CSC2=O)cc1. The third kappa shape index (κ3) is 1.68. The minimum absolute atomic E-state index is 0.0779. The molecule has 72 valence electrons. The topological polar surface area (TPSA) is 26.3 Å². The summed E-state index contributed by atoms with van der Waals surface area (Å²) in [7, 11) is 1.63. The van der Waals surface area contributed by atoms with E-state index in [2.05, 4.69) is 0 Å². The van der Waals surface area contributed by atoms with E-state index in [1.54, 1.807) is 7.11 Å². The number of methoxy groups -OCH3 is 1. The number of ether oxygens (including phenoxy) is 1. The molecule has 0 aromatic heterocycles. The van der Waals surface area contributed by atoms with Gasteiger partial charge in [-0.05, 0) is 23.1 Å². The third-order valence-electron chi connectivity index (χ3n) is 2.18. The quantitative estimate of drug-likeness (QED) is 0.744. The summed E-state index contributed by atoms with van der Waals surface area (Å²) < 4.78 is 5.05. The highest BCUT2D eigenvalue weighted by Crippen LogP contribution is 2.31. The lowest BCUT2D eigenvalue weighted by Gasteiger charge is -2.06. The van der Waals surface area contributed by atoms with Gasteiger partial charge in [-0.2, -0.15) is 0 Å². The van der Waals surface area contributed by atoms with Gasteiger partial charge in [0.1, 0.15) is 5.75 Å². The molecule has 14 heavy (non-hydrogen) atoms. The van der Waals surface area contributed by atoms with E-state index >= 15 is 0 Å². The highest BCUT2D eigenvalue weighted by molar-refractivity contribution is 8.16. The summed E-state index contributed by atoms with van der Waals surface area (Å²) in [5.74, 6) is 0.738. The molecule has 1 atom stereocenters. The van der Waals surface area contributed by atoms with Crippen LogP contribution in [0.25, 0.3) is 0 Å². The molecule has 0 radical (unpaired) electrons. The molecule has 1 aliphatic heterocycles. The van der Waals surface area contributed by atoms with E-state index in [4.69, 9.17) is 4.74 Å². The number of hydrogen-bond donors (Lipinski definition) is 0. The van der Waals surface area contributed by atoms with E-state index in [9.17, 15) is 4.79 Å². The van der Waals surface area contributed by atoms with Crippen LogP contribution < -0.4 is 4.74 Å². The monoisotopic (exact) mass is 206 g/mol. The van der Waals surface area contributed by atoms with Crippen molar-refractivity contribution in [1.29, 1.82) is 0 Å². The Bertz CT molecular complexity index is 367. The van der Waals surface area contributed by atoms with Crippen LogP contribution in [-0.4, -0.2) is 12.2 Å². The minimum atomic E-state index is -0.0779. The second kappa shape index (κ2) is 3.88. The van der Waals surface area contributed by atoms with Crippen LogP contribution >= 0.6 is 11.8 Å². The van der Waals surface area contributed by atoms with Crippen LogP contribution in [0.3, 0.4) is 0 Å². The van der Waals surface area contributed by atoms with Crippen LogP contribution in [-0.2, 0) is 4.79 Å². The normalized spacial score (nSPS) is 20.1. The standard InChI is InChI=1S/C11H10O2S/c1-13-9-4-2-8(3-5-9)10-6-7-14-11(10)12/h2-7,10H,1H3. The molecule has 0 aliphatic carbocycles. The first kappa shape index (κ1) is 9.34. The number of hydrogen-bond acceptors (Lipinski definition) is 3. The molecule has 0 spiro atoms. The lowest BCUT2D eigenvalue weighted by Crippen LogP contribution is -2.01. The van der Waals surface area contributed by atoms with Gasteiger partial charge in [0.05, 0.1) is 13.0 Å². The summed E-state index contributed by atoms with van der Waals surface area (Å²) in [6.07, 6.45) is 1.93. The highest BCUT2D eigenvalue weighted by Gasteiger charge is 2.21. The van der Waals surface area contributed by atoms with Gasteiger partial charge < -0.3 is 4.74 Å². The fourth-order valence-corrected chi connectivity index (χ4v) is 2.13. The molecule has 2 rings (SSSR count). The van der Waals surface area contributed by atoms with Crippen molar-refractivity contribution in [2.45, 2.75) is 5.92 Å². The maximum Gasteiger partial charge on any atom is 0.204 e. The van der Waals surface area contributed by atoms with Crippen LogP contribution in [0.4, 0.5) is 0 Å². The molecule has 1 heterocycles. The molecular formula is C11H10O2S. The van der Waals surface area contributed by atoms with Crippen molar-refractivity contribution in [3.63, 3.8) is 0 Å². The van der Waals surface area contributed by atoms with Gasteiger partial charge in [0.25, 0.3) is 0 Å². The number of benzene rings is 1. The fraction of sp³-hybridized carbons (Fsp3) is 0.182. The Morgan fingerprint density at radius 1 is 1.29 bits per heavy atom. The first-order valence-corrected chi connectivity index (χ1v) is 5.20. The van der Waals surface area contributed by atoms with Gasteiger partial charge in [0.2, 0.25) is 5.12 Å². The second-order valence-electron chi connectivity index (χ2n) is 3.02. The molecule has 0 saturated carbocycles. The third-order valence-corrected chi connectivity index (χ3v) is 2.96. The summed E-state index contributed by atoms with van der Waals surface area (Å²) in [5.41, 5.74) is 1.03. The molecule has 0 N–H and O–H groups in total. The van der Waals surface area contributed by atoms with Crippen molar-refractivity contribution in [2.24, 2.45) is 0 Å². The smallest absolute Gasteiger partial charge is 0.204 e. The average molecular weight is 206 g/mol. The zero-order chi connectivity index (χ0) is 9.97. The Labute approximate surface area is 87.0 Å². The predicted octanol–water partition coefficient (Wildman–Crippen LogP) is 2.57. The largest absolute Gasteiger partial charge is 0.497 e. The molecule has 1 aromatic rings. The van der Waals surface area contributed by atoms with Gasteiger partial charge in [-0.25, -0.2) is 0 Å². The predicted molar refractivity (Wildman–Crippen MR) is 57.5 cm³/mol. The molecule has 1 unspecified atom stereocenters. The zero-order valence-electron chi connectivity index (χ0n) is 7.77. The van der Waals surface area contributed by atoms with Gasteiger partial charge in [-0.15, -0.1) is 0 Å². The van der Waals surface area contributed by atoms with E-state index in [0.717, 1.165) is 11.3 Å². The molecule has 0 saturated heterocycles. The van der Waals surface area contributed by atoms with Crippen LogP contribution in [0.2, 0.25) is 0 Å². The number of carbonyl (C=O) groups excluding carboxylic acids is 1. The first-order chi connectivity index (χ1) is 6.81. The number of rotatable bonds is 2. The van der Waals surface area contributed by atoms with Crippen molar-refractivity contribution in [3.05, 3.63) is 41.3 Å². The maximum atomic E-state index is 11.4. The number of carbonyl (C=O) groups is 1. The van der Waals surface area contributed by atoms with E-state index in [0.29, 0.717) is 0 Å². The molecule has 0 bridgehead atoms. The first-order valence-electron chi connectivity index (χ1n) is 4.32. The molecule has 1 aromatic carbocycles. The van der Waals surface area contributed by atoms with E-state index < -0.39 is 0 Å². The molecule has 0 fully saturated rings. The van der Waals surface area contributed by atoms with Crippen LogP contribution in [0.5, 0.6) is 5.75 Å². The molecular weight excluding hydrogens is 196 g/mol. The molecule has 2 nitrogen and oxygen atoms in total. The second-order valence-corrected chi connectivity index (χ2v) is 3.93. The van der Waals surface area contributed by atoms with Gasteiger partial charge >= 0.3 is 0 Å². The summed E-state index contributed by atoms with van der Waals surface area (Å²) in [6.45, 7) is 0. The zero-order valence-corrected chi connectivity index (χ0v) is 8.58. The van der Waals surface area contributed by atoms with E-state index in [-0.39, 0.29) is 11.0 Å². The van der Waals surface area contributed by atoms with Gasteiger partial charge in [0, 0.05) is 0 Å². The summed E-state index contributed by atoms with van der Waals surface area (Å²) in [4.78, 5) is 11.4. The van der Waals surface area contributed by atoms with Gasteiger partial charge in [-0.1, -0.05) is 30.0 Å².